The van der Waals surface area contributed by atoms with Gasteiger partial charge < -0.3 is 10.6 Å². The van der Waals surface area contributed by atoms with Crippen LogP contribution in [0.4, 0.5) is 0 Å². The standard InChI is InChI=1S/C13H20N2O/c1-4-14-13(16)9-15-11(3)12-7-5-10(2)6-8-12/h5-8,11,15H,4,9H2,1-3H3,(H,14,16)/t11-/m0/s1. The number of carbonyl (C=O) groups is 1. The Balaban J connectivity index is 2.43. The first kappa shape index (κ1) is 12.7. The molecule has 1 aromatic rings. The van der Waals surface area contributed by atoms with Crippen LogP contribution in [0.5, 0.6) is 0 Å². The largest absolute Gasteiger partial charge is 0.355 e. The monoisotopic (exact) mass is 220 g/mol. The van der Waals surface area contributed by atoms with Gasteiger partial charge in [-0.05, 0) is 26.3 Å². The molecule has 16 heavy (non-hydrogen) atoms. The lowest BCUT2D eigenvalue weighted by Gasteiger charge is -2.14. The van der Waals surface area contributed by atoms with Crippen molar-refractivity contribution in [1.82, 2.24) is 10.6 Å². The van der Waals surface area contributed by atoms with E-state index < -0.39 is 0 Å². The zero-order chi connectivity index (χ0) is 12.0. The predicted molar refractivity (Wildman–Crippen MR) is 66.3 cm³/mol. The van der Waals surface area contributed by atoms with Gasteiger partial charge in [0.2, 0.25) is 5.91 Å². The molecule has 0 aliphatic rings. The van der Waals surface area contributed by atoms with Crippen LogP contribution < -0.4 is 10.6 Å². The van der Waals surface area contributed by atoms with Gasteiger partial charge in [0.05, 0.1) is 6.54 Å². The van der Waals surface area contributed by atoms with Gasteiger partial charge in [-0.25, -0.2) is 0 Å². The highest BCUT2D eigenvalue weighted by Gasteiger charge is 2.06. The van der Waals surface area contributed by atoms with E-state index in [1.165, 1.54) is 11.1 Å². The van der Waals surface area contributed by atoms with Gasteiger partial charge in [0.15, 0.2) is 0 Å². The van der Waals surface area contributed by atoms with Crippen LogP contribution in [-0.4, -0.2) is 19.0 Å². The first-order valence-electron chi connectivity index (χ1n) is 5.70. The van der Waals surface area contributed by atoms with E-state index in [2.05, 4.69) is 48.7 Å². The van der Waals surface area contributed by atoms with Crippen LogP contribution in [0.2, 0.25) is 0 Å². The molecule has 0 fully saturated rings. The number of hydrogen-bond acceptors (Lipinski definition) is 2. The molecule has 0 heterocycles. The Kier molecular flexibility index (Phi) is 4.99. The molecule has 0 radical (unpaired) electrons. The molecule has 0 aromatic heterocycles. The number of aryl methyl sites for hydroxylation is 1. The summed E-state index contributed by atoms with van der Waals surface area (Å²) in [6.45, 7) is 7.09. The quantitative estimate of drug-likeness (QED) is 0.794. The van der Waals surface area contributed by atoms with Crippen molar-refractivity contribution in [3.05, 3.63) is 35.4 Å². The molecule has 0 saturated heterocycles. The molecule has 3 heteroatoms. The number of likely N-dealkylation sites (N-methyl/N-ethyl adjacent to an activating group) is 1. The van der Waals surface area contributed by atoms with Gasteiger partial charge >= 0.3 is 0 Å². The third kappa shape index (κ3) is 4.03. The number of rotatable bonds is 5. The third-order valence-corrected chi connectivity index (χ3v) is 2.52. The molecule has 0 spiro atoms. The summed E-state index contributed by atoms with van der Waals surface area (Å²) < 4.78 is 0. The summed E-state index contributed by atoms with van der Waals surface area (Å²) >= 11 is 0. The lowest BCUT2D eigenvalue weighted by atomic mass is 10.1. The molecule has 1 rings (SSSR count). The molecular weight excluding hydrogens is 200 g/mol. The zero-order valence-corrected chi connectivity index (χ0v) is 10.2. The summed E-state index contributed by atoms with van der Waals surface area (Å²) in [5, 5.41) is 5.95. The first-order valence-corrected chi connectivity index (χ1v) is 5.70. The van der Waals surface area contributed by atoms with Crippen LogP contribution in [0.25, 0.3) is 0 Å². The second-order valence-corrected chi connectivity index (χ2v) is 3.97. The van der Waals surface area contributed by atoms with Crippen LogP contribution in [0.1, 0.15) is 31.0 Å². The maximum atomic E-state index is 11.3. The van der Waals surface area contributed by atoms with Gasteiger partial charge in [-0.15, -0.1) is 0 Å². The van der Waals surface area contributed by atoms with Crippen molar-refractivity contribution < 1.29 is 4.79 Å². The molecule has 1 aromatic carbocycles. The summed E-state index contributed by atoms with van der Waals surface area (Å²) in [7, 11) is 0. The van der Waals surface area contributed by atoms with Crippen LogP contribution in [0, 0.1) is 6.92 Å². The molecule has 0 saturated carbocycles. The van der Waals surface area contributed by atoms with E-state index in [-0.39, 0.29) is 11.9 Å². The fourth-order valence-electron chi connectivity index (χ4n) is 1.48. The van der Waals surface area contributed by atoms with Crippen LogP contribution in [-0.2, 0) is 4.79 Å². The van der Waals surface area contributed by atoms with Gasteiger partial charge in [-0.1, -0.05) is 29.8 Å². The Bertz CT molecular complexity index is 332. The molecule has 0 unspecified atom stereocenters. The van der Waals surface area contributed by atoms with Gasteiger partial charge in [0.1, 0.15) is 0 Å². The summed E-state index contributed by atoms with van der Waals surface area (Å²) in [5.41, 5.74) is 2.45. The predicted octanol–water partition coefficient (Wildman–Crippen LogP) is 1.78. The Morgan fingerprint density at radius 3 is 2.50 bits per heavy atom. The fourth-order valence-corrected chi connectivity index (χ4v) is 1.48. The minimum atomic E-state index is 0.0430. The molecule has 1 amide bonds. The van der Waals surface area contributed by atoms with Crippen molar-refractivity contribution in [3.8, 4) is 0 Å². The highest BCUT2D eigenvalue weighted by Crippen LogP contribution is 2.12. The van der Waals surface area contributed by atoms with Crippen molar-refractivity contribution in [2.45, 2.75) is 26.8 Å². The Hall–Kier alpha value is -1.35. The van der Waals surface area contributed by atoms with E-state index in [9.17, 15) is 4.79 Å². The molecule has 1 atom stereocenters. The van der Waals surface area contributed by atoms with E-state index in [4.69, 9.17) is 0 Å². The summed E-state index contributed by atoms with van der Waals surface area (Å²) in [6.07, 6.45) is 0. The zero-order valence-electron chi connectivity index (χ0n) is 10.2. The SMILES string of the molecule is CCNC(=O)CN[C@@H](C)c1ccc(C)cc1. The molecule has 0 aliphatic carbocycles. The maximum absolute atomic E-state index is 11.3. The molecule has 0 aliphatic heterocycles. The molecular formula is C13H20N2O. The van der Waals surface area contributed by atoms with Crippen molar-refractivity contribution in [2.75, 3.05) is 13.1 Å². The number of hydrogen-bond donors (Lipinski definition) is 2. The van der Waals surface area contributed by atoms with Crippen molar-refractivity contribution >= 4 is 5.91 Å². The van der Waals surface area contributed by atoms with E-state index in [0.717, 1.165) is 0 Å². The first-order chi connectivity index (χ1) is 7.63. The molecule has 0 bridgehead atoms. The van der Waals surface area contributed by atoms with Gasteiger partial charge in [0, 0.05) is 12.6 Å². The van der Waals surface area contributed by atoms with E-state index in [1.807, 2.05) is 6.92 Å². The highest BCUT2D eigenvalue weighted by molar-refractivity contribution is 5.77. The van der Waals surface area contributed by atoms with Gasteiger partial charge in [-0.2, -0.15) is 0 Å². The van der Waals surface area contributed by atoms with Gasteiger partial charge in [-0.3, -0.25) is 4.79 Å². The van der Waals surface area contributed by atoms with Crippen molar-refractivity contribution in [3.63, 3.8) is 0 Å². The van der Waals surface area contributed by atoms with Crippen molar-refractivity contribution in [1.29, 1.82) is 0 Å². The third-order valence-electron chi connectivity index (χ3n) is 2.52. The highest BCUT2D eigenvalue weighted by atomic mass is 16.1. The van der Waals surface area contributed by atoms with Crippen LogP contribution in [0.15, 0.2) is 24.3 Å². The van der Waals surface area contributed by atoms with Crippen molar-refractivity contribution in [2.24, 2.45) is 0 Å². The lowest BCUT2D eigenvalue weighted by molar-refractivity contribution is -0.120. The Morgan fingerprint density at radius 1 is 1.31 bits per heavy atom. The minimum Gasteiger partial charge on any atom is -0.355 e. The number of benzene rings is 1. The average molecular weight is 220 g/mol. The average Bonchev–Trinajstić information content (AvgIpc) is 2.27. The molecule has 3 nitrogen and oxygen atoms in total. The molecule has 2 N–H and O–H groups in total. The second kappa shape index (κ2) is 6.28. The summed E-state index contributed by atoms with van der Waals surface area (Å²) in [5.74, 6) is 0.0430. The number of amides is 1. The van der Waals surface area contributed by atoms with E-state index >= 15 is 0 Å². The smallest absolute Gasteiger partial charge is 0.233 e. The summed E-state index contributed by atoms with van der Waals surface area (Å²) in [6, 6.07) is 8.54. The number of nitrogens with one attached hydrogen (secondary N) is 2. The Morgan fingerprint density at radius 2 is 1.94 bits per heavy atom. The van der Waals surface area contributed by atoms with Crippen LogP contribution in [0.3, 0.4) is 0 Å². The maximum Gasteiger partial charge on any atom is 0.233 e. The topological polar surface area (TPSA) is 41.1 Å². The fraction of sp³-hybridized carbons (Fsp3) is 0.462. The van der Waals surface area contributed by atoms with E-state index in [1.54, 1.807) is 0 Å². The van der Waals surface area contributed by atoms with Crippen LogP contribution >= 0.6 is 0 Å². The number of carbonyl (C=O) groups excluding carboxylic acids is 1. The normalized spacial score (nSPS) is 12.2. The van der Waals surface area contributed by atoms with Gasteiger partial charge in [0.25, 0.3) is 0 Å². The van der Waals surface area contributed by atoms with E-state index in [0.29, 0.717) is 13.1 Å². The lowest BCUT2D eigenvalue weighted by Crippen LogP contribution is -2.34. The Labute approximate surface area is 97.2 Å². The second-order valence-electron chi connectivity index (χ2n) is 3.97. The summed E-state index contributed by atoms with van der Waals surface area (Å²) in [4.78, 5) is 11.3. The minimum absolute atomic E-state index is 0.0430. The molecule has 88 valence electrons.